The number of rotatable bonds is 7. The molecule has 0 aromatic heterocycles. The summed E-state index contributed by atoms with van der Waals surface area (Å²) in [5.74, 6) is 1.62. The molecule has 0 atom stereocenters. The van der Waals surface area contributed by atoms with Crippen molar-refractivity contribution in [3.05, 3.63) is 60.2 Å². The lowest BCUT2D eigenvalue weighted by atomic mass is 10.2. The molecule has 0 saturated carbocycles. The Kier molecular flexibility index (Phi) is 10.6. The van der Waals surface area contributed by atoms with E-state index in [9.17, 15) is 4.79 Å². The average molecular weight is 551 g/mol. The van der Waals surface area contributed by atoms with E-state index in [0.717, 1.165) is 44.0 Å². The number of piperazine rings is 1. The average Bonchev–Trinajstić information content (AvgIpc) is 2.82. The van der Waals surface area contributed by atoms with Crippen LogP contribution in [-0.2, 0) is 11.3 Å². The Morgan fingerprint density at radius 2 is 1.72 bits per heavy atom. The molecule has 0 bridgehead atoms. The number of carbonyl (C=O) groups is 1. The highest BCUT2D eigenvalue weighted by molar-refractivity contribution is 14.0. The first-order valence-corrected chi connectivity index (χ1v) is 10.8. The summed E-state index contributed by atoms with van der Waals surface area (Å²) in [7, 11) is 3.64. The number of ether oxygens (including phenoxy) is 1. The van der Waals surface area contributed by atoms with Gasteiger partial charge in [0.1, 0.15) is 12.3 Å². The van der Waals surface area contributed by atoms with Crippen molar-refractivity contribution in [1.29, 1.82) is 0 Å². The number of amides is 1. The molecule has 3 rings (SSSR count). The monoisotopic (exact) mass is 551 g/mol. The Labute approximate surface area is 208 Å². The zero-order valence-corrected chi connectivity index (χ0v) is 21.5. The van der Waals surface area contributed by atoms with Gasteiger partial charge in [0.15, 0.2) is 5.96 Å². The largest absolute Gasteiger partial charge is 0.496 e. The molecule has 7 nitrogen and oxygen atoms in total. The molecule has 0 spiro atoms. The van der Waals surface area contributed by atoms with Gasteiger partial charge in [0.25, 0.3) is 0 Å². The van der Waals surface area contributed by atoms with Crippen molar-refractivity contribution in [2.45, 2.75) is 13.5 Å². The minimum Gasteiger partial charge on any atom is -0.496 e. The molecule has 0 aliphatic carbocycles. The maximum atomic E-state index is 12.8. The molecule has 1 aliphatic heterocycles. The van der Waals surface area contributed by atoms with E-state index < -0.39 is 0 Å². The number of guanidine groups is 1. The van der Waals surface area contributed by atoms with E-state index in [4.69, 9.17) is 4.74 Å². The van der Waals surface area contributed by atoms with Gasteiger partial charge in [-0.15, -0.1) is 24.0 Å². The molecule has 2 aromatic carbocycles. The van der Waals surface area contributed by atoms with Crippen LogP contribution in [0.1, 0.15) is 12.5 Å². The van der Waals surface area contributed by atoms with E-state index in [2.05, 4.69) is 27.3 Å². The molecule has 1 saturated heterocycles. The highest BCUT2D eigenvalue weighted by atomic mass is 127. The minimum atomic E-state index is 0. The summed E-state index contributed by atoms with van der Waals surface area (Å²) in [6, 6.07) is 18.3. The number of hydrogen-bond donors (Lipinski definition) is 1. The van der Waals surface area contributed by atoms with Gasteiger partial charge in [-0.25, -0.2) is 4.99 Å². The Morgan fingerprint density at radius 3 is 2.38 bits per heavy atom. The third kappa shape index (κ3) is 7.01. The van der Waals surface area contributed by atoms with E-state index in [0.29, 0.717) is 12.5 Å². The SMILES string of the molecule is CCNC(=NCC(=O)N1CCN(c2ccccc2)CC1)N(C)Cc1ccccc1OC.I. The van der Waals surface area contributed by atoms with Gasteiger partial charge in [-0.3, -0.25) is 4.79 Å². The molecule has 32 heavy (non-hydrogen) atoms. The standard InChI is InChI=1S/C24H33N5O2.HI/c1-4-25-24(27(2)19-20-10-8-9-13-22(20)31-3)26-18-23(30)29-16-14-28(15-17-29)21-11-6-5-7-12-21;/h5-13H,4,14-19H2,1-3H3,(H,25,26);1H. The van der Waals surface area contributed by atoms with Crippen molar-refractivity contribution in [3.63, 3.8) is 0 Å². The van der Waals surface area contributed by atoms with E-state index in [1.165, 1.54) is 5.69 Å². The smallest absolute Gasteiger partial charge is 0.244 e. The van der Waals surface area contributed by atoms with Crippen molar-refractivity contribution in [2.75, 3.05) is 58.3 Å². The van der Waals surface area contributed by atoms with Crippen LogP contribution in [0.15, 0.2) is 59.6 Å². The fourth-order valence-corrected chi connectivity index (χ4v) is 3.73. The molecule has 1 amide bonds. The Bertz CT molecular complexity index is 870. The first kappa shape index (κ1) is 25.8. The van der Waals surface area contributed by atoms with Crippen molar-refractivity contribution < 1.29 is 9.53 Å². The molecule has 0 radical (unpaired) electrons. The first-order chi connectivity index (χ1) is 15.1. The molecule has 2 aromatic rings. The van der Waals surface area contributed by atoms with Crippen LogP contribution < -0.4 is 15.0 Å². The van der Waals surface area contributed by atoms with Crippen molar-refractivity contribution in [1.82, 2.24) is 15.1 Å². The number of aliphatic imine (C=N–C) groups is 1. The molecule has 1 aliphatic rings. The van der Waals surface area contributed by atoms with Crippen molar-refractivity contribution in [2.24, 2.45) is 4.99 Å². The van der Waals surface area contributed by atoms with Gasteiger partial charge in [0.05, 0.1) is 7.11 Å². The topological polar surface area (TPSA) is 60.4 Å². The summed E-state index contributed by atoms with van der Waals surface area (Å²) in [5.41, 5.74) is 2.28. The molecule has 1 heterocycles. The molecular formula is C24H34IN5O2. The molecule has 1 fully saturated rings. The Morgan fingerprint density at radius 1 is 1.06 bits per heavy atom. The van der Waals surface area contributed by atoms with Crippen molar-refractivity contribution >= 4 is 41.5 Å². The van der Waals surface area contributed by atoms with E-state index in [1.807, 2.05) is 66.2 Å². The van der Waals surface area contributed by atoms with Crippen LogP contribution in [0.4, 0.5) is 5.69 Å². The second-order valence-corrected chi connectivity index (χ2v) is 7.54. The molecule has 1 N–H and O–H groups in total. The number of para-hydroxylation sites is 2. The molecule has 8 heteroatoms. The summed E-state index contributed by atoms with van der Waals surface area (Å²) in [6.45, 7) is 6.66. The third-order valence-electron chi connectivity index (χ3n) is 5.41. The summed E-state index contributed by atoms with van der Waals surface area (Å²) >= 11 is 0. The second-order valence-electron chi connectivity index (χ2n) is 7.54. The van der Waals surface area contributed by atoms with E-state index in [-0.39, 0.29) is 36.4 Å². The summed E-state index contributed by atoms with van der Waals surface area (Å²) in [4.78, 5) is 23.6. The quantitative estimate of drug-likeness (QED) is 0.326. The number of methoxy groups -OCH3 is 1. The fraction of sp³-hybridized carbons (Fsp3) is 0.417. The number of benzene rings is 2. The summed E-state index contributed by atoms with van der Waals surface area (Å²) in [5, 5.41) is 3.28. The normalized spacial score (nSPS) is 13.9. The lowest BCUT2D eigenvalue weighted by Gasteiger charge is -2.36. The summed E-state index contributed by atoms with van der Waals surface area (Å²) in [6.07, 6.45) is 0. The molecule has 0 unspecified atom stereocenters. The highest BCUT2D eigenvalue weighted by Crippen LogP contribution is 2.19. The van der Waals surface area contributed by atoms with Gasteiger partial charge < -0.3 is 24.8 Å². The summed E-state index contributed by atoms with van der Waals surface area (Å²) < 4.78 is 5.45. The number of hydrogen-bond acceptors (Lipinski definition) is 4. The van der Waals surface area contributed by atoms with Gasteiger partial charge in [-0.05, 0) is 25.1 Å². The first-order valence-electron chi connectivity index (χ1n) is 10.8. The molecular weight excluding hydrogens is 517 g/mol. The zero-order chi connectivity index (χ0) is 22.1. The minimum absolute atomic E-state index is 0. The number of nitrogens with zero attached hydrogens (tertiary/aromatic N) is 4. The van der Waals surface area contributed by atoms with Crippen molar-refractivity contribution in [3.8, 4) is 5.75 Å². The Balaban J connectivity index is 0.00000363. The zero-order valence-electron chi connectivity index (χ0n) is 19.2. The van der Waals surface area contributed by atoms with Crippen LogP contribution in [0, 0.1) is 0 Å². The Hall–Kier alpha value is -2.49. The van der Waals surface area contributed by atoms with E-state index in [1.54, 1.807) is 7.11 Å². The van der Waals surface area contributed by atoms with Gasteiger partial charge in [-0.1, -0.05) is 36.4 Å². The maximum absolute atomic E-state index is 12.8. The highest BCUT2D eigenvalue weighted by Gasteiger charge is 2.21. The van der Waals surface area contributed by atoms with Gasteiger partial charge in [0, 0.05) is 57.6 Å². The lowest BCUT2D eigenvalue weighted by molar-refractivity contribution is -0.129. The van der Waals surface area contributed by atoms with Gasteiger partial charge in [-0.2, -0.15) is 0 Å². The second kappa shape index (κ2) is 13.1. The fourth-order valence-electron chi connectivity index (χ4n) is 3.73. The third-order valence-corrected chi connectivity index (χ3v) is 5.41. The van der Waals surface area contributed by atoms with Crippen LogP contribution in [0.5, 0.6) is 5.75 Å². The van der Waals surface area contributed by atoms with Gasteiger partial charge in [0.2, 0.25) is 5.91 Å². The number of carbonyl (C=O) groups excluding carboxylic acids is 1. The van der Waals surface area contributed by atoms with Gasteiger partial charge >= 0.3 is 0 Å². The predicted octanol–water partition coefficient (Wildman–Crippen LogP) is 3.06. The van der Waals surface area contributed by atoms with E-state index >= 15 is 0 Å². The molecule has 174 valence electrons. The van der Waals surface area contributed by atoms with Crippen LogP contribution in [0.3, 0.4) is 0 Å². The lowest BCUT2D eigenvalue weighted by Crippen LogP contribution is -2.49. The number of anilines is 1. The van der Waals surface area contributed by atoms with Crippen LogP contribution in [-0.4, -0.2) is 75.1 Å². The van der Waals surface area contributed by atoms with Crippen LogP contribution >= 0.6 is 24.0 Å². The maximum Gasteiger partial charge on any atom is 0.244 e. The number of nitrogens with one attached hydrogen (secondary N) is 1. The van der Waals surface area contributed by atoms with Crippen LogP contribution in [0.2, 0.25) is 0 Å². The number of halogens is 1. The predicted molar refractivity (Wildman–Crippen MR) is 141 cm³/mol. The van der Waals surface area contributed by atoms with Crippen LogP contribution in [0.25, 0.3) is 0 Å².